The molecule has 0 unspecified atom stereocenters. The fraction of sp³-hybridized carbons (Fsp3) is 0. The van der Waals surface area contributed by atoms with Crippen molar-refractivity contribution in [2.75, 3.05) is 0 Å². The zero-order valence-electron chi connectivity index (χ0n) is 14.7. The number of hydrogen-bond donors (Lipinski definition) is 0. The third kappa shape index (κ3) is 3.72. The van der Waals surface area contributed by atoms with Gasteiger partial charge in [-0.15, -0.1) is 0 Å². The van der Waals surface area contributed by atoms with E-state index in [1.165, 1.54) is 0 Å². The molecule has 0 spiro atoms. The highest BCUT2D eigenvalue weighted by Crippen LogP contribution is 2.45. The minimum Gasteiger partial charge on any atom is -0.437 e. The van der Waals surface area contributed by atoms with Gasteiger partial charge in [-0.3, -0.25) is 4.57 Å². The van der Waals surface area contributed by atoms with E-state index in [0.717, 1.165) is 11.1 Å². The van der Waals surface area contributed by atoms with Gasteiger partial charge in [0, 0.05) is 0 Å². The highest BCUT2D eigenvalue weighted by Gasteiger charge is 2.29. The Balaban J connectivity index is 1.70. The molecule has 0 aliphatic carbocycles. The Kier molecular flexibility index (Phi) is 4.91. The maximum Gasteiger partial charge on any atom is 0.306 e. The van der Waals surface area contributed by atoms with Gasteiger partial charge in [0.15, 0.2) is 0 Å². The zero-order valence-corrected chi connectivity index (χ0v) is 15.6. The van der Waals surface area contributed by atoms with Crippen molar-refractivity contribution in [3.63, 3.8) is 0 Å². The van der Waals surface area contributed by atoms with Gasteiger partial charge in [0.05, 0.1) is 10.6 Å². The molecule has 0 bridgehead atoms. The van der Waals surface area contributed by atoms with Gasteiger partial charge >= 0.3 is 7.37 Å². The standard InChI is InChI=1S/C24H19O2P/c25-27(23-12-6-2-7-13-23,24-14-8-3-9-15-24)26-22-18-16-21(17-19-22)20-10-4-1-5-11-20/h1-19H. The van der Waals surface area contributed by atoms with Crippen LogP contribution in [-0.4, -0.2) is 0 Å². The Morgan fingerprint density at radius 1 is 0.481 bits per heavy atom. The quantitative estimate of drug-likeness (QED) is 0.424. The van der Waals surface area contributed by atoms with E-state index in [9.17, 15) is 4.57 Å². The van der Waals surface area contributed by atoms with Crippen molar-refractivity contribution >= 4 is 18.0 Å². The van der Waals surface area contributed by atoms with Crippen LogP contribution in [0.15, 0.2) is 115 Å². The largest absolute Gasteiger partial charge is 0.437 e. The first-order valence-corrected chi connectivity index (χ1v) is 10.4. The third-order valence-corrected chi connectivity index (χ3v) is 6.81. The van der Waals surface area contributed by atoms with Gasteiger partial charge in [-0.2, -0.15) is 0 Å². The topological polar surface area (TPSA) is 26.3 Å². The maximum atomic E-state index is 13.9. The summed E-state index contributed by atoms with van der Waals surface area (Å²) in [5.74, 6) is 0.589. The lowest BCUT2D eigenvalue weighted by molar-refractivity contribution is 0.503. The van der Waals surface area contributed by atoms with Crippen molar-refractivity contribution in [2.24, 2.45) is 0 Å². The molecule has 0 fully saturated rings. The Labute approximate surface area is 159 Å². The van der Waals surface area contributed by atoms with Crippen molar-refractivity contribution < 1.29 is 9.09 Å². The molecule has 0 radical (unpaired) electrons. The van der Waals surface area contributed by atoms with Crippen LogP contribution in [0, 0.1) is 0 Å². The second-order valence-electron chi connectivity index (χ2n) is 6.20. The lowest BCUT2D eigenvalue weighted by Crippen LogP contribution is -2.19. The molecule has 0 heterocycles. The predicted octanol–water partition coefficient (Wildman–Crippen LogP) is 5.66. The maximum absolute atomic E-state index is 13.9. The summed E-state index contributed by atoms with van der Waals surface area (Å²) in [6.45, 7) is 0. The summed E-state index contributed by atoms with van der Waals surface area (Å²) in [5.41, 5.74) is 2.23. The molecule has 27 heavy (non-hydrogen) atoms. The van der Waals surface area contributed by atoms with Crippen molar-refractivity contribution in [1.82, 2.24) is 0 Å². The summed E-state index contributed by atoms with van der Waals surface area (Å²) < 4.78 is 20.0. The average molecular weight is 370 g/mol. The first kappa shape index (κ1) is 17.3. The first-order valence-electron chi connectivity index (χ1n) is 8.82. The molecule has 0 aliphatic rings. The van der Waals surface area contributed by atoms with Gasteiger partial charge in [-0.1, -0.05) is 78.9 Å². The Bertz CT molecular complexity index is 1000. The smallest absolute Gasteiger partial charge is 0.306 e. The van der Waals surface area contributed by atoms with E-state index in [2.05, 4.69) is 12.1 Å². The van der Waals surface area contributed by atoms with Crippen molar-refractivity contribution in [1.29, 1.82) is 0 Å². The minimum absolute atomic E-state index is 0.589. The van der Waals surface area contributed by atoms with E-state index in [-0.39, 0.29) is 0 Å². The summed E-state index contributed by atoms with van der Waals surface area (Å²) >= 11 is 0. The van der Waals surface area contributed by atoms with Crippen LogP contribution in [0.2, 0.25) is 0 Å². The molecule has 4 rings (SSSR count). The van der Waals surface area contributed by atoms with Crippen molar-refractivity contribution in [3.05, 3.63) is 115 Å². The highest BCUT2D eigenvalue weighted by atomic mass is 31.2. The molecule has 0 aromatic heterocycles. The number of benzene rings is 4. The van der Waals surface area contributed by atoms with Crippen LogP contribution >= 0.6 is 7.37 Å². The van der Waals surface area contributed by atoms with Gasteiger partial charge in [-0.05, 0) is 47.5 Å². The van der Waals surface area contributed by atoms with Crippen LogP contribution in [0.4, 0.5) is 0 Å². The second-order valence-corrected chi connectivity index (χ2v) is 8.52. The first-order chi connectivity index (χ1) is 13.3. The lowest BCUT2D eigenvalue weighted by atomic mass is 10.1. The minimum atomic E-state index is -3.23. The number of hydrogen-bond acceptors (Lipinski definition) is 2. The monoisotopic (exact) mass is 370 g/mol. The molecule has 0 aliphatic heterocycles. The summed E-state index contributed by atoms with van der Waals surface area (Å²) in [6, 6.07) is 36.6. The van der Waals surface area contributed by atoms with E-state index in [0.29, 0.717) is 16.4 Å². The van der Waals surface area contributed by atoms with E-state index in [1.807, 2.05) is 103 Å². The van der Waals surface area contributed by atoms with Gasteiger partial charge in [0.25, 0.3) is 0 Å². The lowest BCUT2D eigenvalue weighted by Gasteiger charge is -2.20. The molecule has 4 aromatic rings. The molecule has 0 amide bonds. The van der Waals surface area contributed by atoms with Crippen LogP contribution in [0.3, 0.4) is 0 Å². The number of rotatable bonds is 5. The van der Waals surface area contributed by atoms with Crippen LogP contribution in [0.1, 0.15) is 0 Å². The summed E-state index contributed by atoms with van der Waals surface area (Å²) in [6.07, 6.45) is 0. The van der Waals surface area contributed by atoms with Crippen LogP contribution in [0.5, 0.6) is 5.75 Å². The third-order valence-electron chi connectivity index (χ3n) is 4.39. The van der Waals surface area contributed by atoms with Gasteiger partial charge < -0.3 is 4.52 Å². The molecule has 0 atom stereocenters. The molecule has 4 aromatic carbocycles. The molecule has 0 saturated carbocycles. The molecular weight excluding hydrogens is 351 g/mol. The summed E-state index contributed by atoms with van der Waals surface area (Å²) in [5, 5.41) is 1.37. The zero-order chi connectivity index (χ0) is 18.5. The predicted molar refractivity (Wildman–Crippen MR) is 112 cm³/mol. The molecule has 132 valence electrons. The van der Waals surface area contributed by atoms with E-state index in [4.69, 9.17) is 4.52 Å². The average Bonchev–Trinajstić information content (AvgIpc) is 2.76. The van der Waals surface area contributed by atoms with Gasteiger partial charge in [0.1, 0.15) is 5.75 Å². The highest BCUT2D eigenvalue weighted by molar-refractivity contribution is 7.74. The summed E-state index contributed by atoms with van der Waals surface area (Å²) in [7, 11) is -3.23. The van der Waals surface area contributed by atoms with Crippen LogP contribution in [0.25, 0.3) is 11.1 Å². The van der Waals surface area contributed by atoms with Gasteiger partial charge in [-0.25, -0.2) is 0 Å². The Morgan fingerprint density at radius 2 is 0.889 bits per heavy atom. The molecule has 3 heteroatoms. The van der Waals surface area contributed by atoms with Crippen molar-refractivity contribution in [3.8, 4) is 16.9 Å². The molecule has 0 saturated heterocycles. The Hall–Kier alpha value is -3.09. The van der Waals surface area contributed by atoms with Crippen LogP contribution in [-0.2, 0) is 4.57 Å². The van der Waals surface area contributed by atoms with Crippen molar-refractivity contribution in [2.45, 2.75) is 0 Å². The van der Waals surface area contributed by atoms with E-state index < -0.39 is 7.37 Å². The van der Waals surface area contributed by atoms with E-state index in [1.54, 1.807) is 0 Å². The SMILES string of the molecule is O=P(Oc1ccc(-c2ccccc2)cc1)(c1ccccc1)c1ccccc1. The van der Waals surface area contributed by atoms with Gasteiger partial charge in [0.2, 0.25) is 0 Å². The Morgan fingerprint density at radius 3 is 1.37 bits per heavy atom. The van der Waals surface area contributed by atoms with Crippen LogP contribution < -0.4 is 15.1 Å². The fourth-order valence-corrected chi connectivity index (χ4v) is 5.05. The second kappa shape index (κ2) is 7.65. The molecular formula is C24H19O2P. The molecule has 2 nitrogen and oxygen atoms in total. The summed E-state index contributed by atoms with van der Waals surface area (Å²) in [4.78, 5) is 0. The van der Waals surface area contributed by atoms with E-state index >= 15 is 0 Å². The normalized spacial score (nSPS) is 11.1. The molecule has 0 N–H and O–H groups in total. The fourth-order valence-electron chi connectivity index (χ4n) is 2.99.